The van der Waals surface area contributed by atoms with Crippen LogP contribution in [0.4, 0.5) is 5.69 Å². The number of benzene rings is 1. The number of nitrogens with two attached hydrogens (primary N) is 1. The van der Waals surface area contributed by atoms with E-state index in [2.05, 4.69) is 15.5 Å². The molecule has 16 heavy (non-hydrogen) atoms. The van der Waals surface area contributed by atoms with Crippen molar-refractivity contribution in [1.82, 2.24) is 20.2 Å². The van der Waals surface area contributed by atoms with Crippen LogP contribution in [0.3, 0.4) is 0 Å². The number of hydrogen-bond acceptors (Lipinski definition) is 4. The van der Waals surface area contributed by atoms with Crippen molar-refractivity contribution in [2.75, 3.05) is 5.73 Å². The van der Waals surface area contributed by atoms with E-state index < -0.39 is 0 Å². The van der Waals surface area contributed by atoms with Gasteiger partial charge >= 0.3 is 0 Å². The number of aromatic nitrogens is 4. The third kappa shape index (κ3) is 1.53. The first-order valence-electron chi connectivity index (χ1n) is 5.09. The fourth-order valence-electron chi connectivity index (χ4n) is 1.66. The molecule has 0 aliphatic heterocycles. The predicted molar refractivity (Wildman–Crippen MR) is 60.6 cm³/mol. The van der Waals surface area contributed by atoms with Gasteiger partial charge in [-0.3, -0.25) is 0 Å². The molecule has 0 unspecified atom stereocenters. The first-order chi connectivity index (χ1) is 7.75. The fraction of sp³-hybridized carbons (Fsp3) is 0.300. The van der Waals surface area contributed by atoms with Gasteiger partial charge in [0.15, 0.2) is 5.82 Å². The number of hydrogen-bond donors (Lipinski definition) is 1. The van der Waals surface area contributed by atoms with Crippen molar-refractivity contribution in [3.63, 3.8) is 0 Å². The van der Waals surface area contributed by atoms with Gasteiger partial charge in [-0.25, -0.2) is 0 Å². The van der Waals surface area contributed by atoms with Crippen LogP contribution in [0.5, 0.6) is 0 Å². The lowest BCUT2D eigenvalue weighted by atomic mass is 10.2. The Bertz CT molecular complexity index is 532. The van der Waals surface area contributed by atoms with Crippen LogP contribution in [0.15, 0.2) is 18.2 Å². The highest BCUT2D eigenvalue weighted by atomic mass is 35.5. The van der Waals surface area contributed by atoms with Gasteiger partial charge in [0.2, 0.25) is 0 Å². The zero-order valence-electron chi connectivity index (χ0n) is 8.47. The minimum Gasteiger partial charge on any atom is -0.399 e. The summed E-state index contributed by atoms with van der Waals surface area (Å²) in [7, 11) is 0. The van der Waals surface area contributed by atoms with Crippen LogP contribution in [-0.4, -0.2) is 20.2 Å². The number of rotatable bonds is 2. The SMILES string of the molecule is Nc1ccc(-n2nnnc2C2CC2)c(Cl)c1. The quantitative estimate of drug-likeness (QED) is 0.806. The number of nitrogens with zero attached hydrogens (tertiary/aromatic N) is 4. The van der Waals surface area contributed by atoms with Gasteiger partial charge in [0.1, 0.15) is 0 Å². The van der Waals surface area contributed by atoms with Crippen LogP contribution < -0.4 is 5.73 Å². The number of tetrazole rings is 1. The minimum atomic E-state index is 0.476. The van der Waals surface area contributed by atoms with E-state index in [1.807, 2.05) is 6.07 Å². The van der Waals surface area contributed by atoms with E-state index in [0.717, 1.165) is 24.4 Å². The summed E-state index contributed by atoms with van der Waals surface area (Å²) in [6.07, 6.45) is 2.29. The molecule has 82 valence electrons. The number of halogens is 1. The van der Waals surface area contributed by atoms with Crippen molar-refractivity contribution >= 4 is 17.3 Å². The summed E-state index contributed by atoms with van der Waals surface area (Å²) < 4.78 is 1.69. The van der Waals surface area contributed by atoms with Crippen LogP contribution in [0.2, 0.25) is 5.02 Å². The number of nitrogen functional groups attached to an aromatic ring is 1. The highest BCUT2D eigenvalue weighted by Crippen LogP contribution is 2.39. The van der Waals surface area contributed by atoms with Gasteiger partial charge in [-0.1, -0.05) is 11.6 Å². The van der Waals surface area contributed by atoms with Crippen molar-refractivity contribution in [3.05, 3.63) is 29.0 Å². The molecular formula is C10H10ClN5. The van der Waals surface area contributed by atoms with E-state index in [0.29, 0.717) is 16.6 Å². The standard InChI is InChI=1S/C10H10ClN5/c11-8-5-7(12)3-4-9(8)16-10(6-1-2-6)13-14-15-16/h3-6H,1-2,12H2. The van der Waals surface area contributed by atoms with Gasteiger partial charge in [-0.2, -0.15) is 4.68 Å². The van der Waals surface area contributed by atoms with Crippen molar-refractivity contribution in [2.24, 2.45) is 0 Å². The number of anilines is 1. The van der Waals surface area contributed by atoms with E-state index >= 15 is 0 Å². The lowest BCUT2D eigenvalue weighted by Crippen LogP contribution is -2.03. The zero-order valence-corrected chi connectivity index (χ0v) is 9.22. The molecule has 1 aliphatic carbocycles. The van der Waals surface area contributed by atoms with E-state index in [-0.39, 0.29) is 0 Å². The largest absolute Gasteiger partial charge is 0.399 e. The van der Waals surface area contributed by atoms with Crippen molar-refractivity contribution in [3.8, 4) is 5.69 Å². The Morgan fingerprint density at radius 1 is 1.38 bits per heavy atom. The summed E-state index contributed by atoms with van der Waals surface area (Å²) in [5.74, 6) is 1.36. The maximum absolute atomic E-state index is 6.12. The summed E-state index contributed by atoms with van der Waals surface area (Å²) in [5.41, 5.74) is 7.06. The smallest absolute Gasteiger partial charge is 0.159 e. The Hall–Kier alpha value is -1.62. The van der Waals surface area contributed by atoms with Gasteiger partial charge in [0.05, 0.1) is 10.7 Å². The van der Waals surface area contributed by atoms with Crippen molar-refractivity contribution in [1.29, 1.82) is 0 Å². The Morgan fingerprint density at radius 2 is 2.19 bits per heavy atom. The summed E-state index contributed by atoms with van der Waals surface area (Å²) in [4.78, 5) is 0. The highest BCUT2D eigenvalue weighted by Gasteiger charge is 2.30. The molecule has 0 amide bonds. The monoisotopic (exact) mass is 235 g/mol. The van der Waals surface area contributed by atoms with E-state index in [1.54, 1.807) is 16.8 Å². The molecule has 6 heteroatoms. The van der Waals surface area contributed by atoms with Gasteiger partial charge in [0, 0.05) is 11.6 Å². The molecule has 5 nitrogen and oxygen atoms in total. The molecule has 1 aliphatic rings. The third-order valence-electron chi connectivity index (χ3n) is 2.64. The molecule has 1 fully saturated rings. The van der Waals surface area contributed by atoms with Crippen LogP contribution in [0, 0.1) is 0 Å². The maximum atomic E-state index is 6.12. The molecular weight excluding hydrogens is 226 g/mol. The molecule has 0 spiro atoms. The highest BCUT2D eigenvalue weighted by molar-refractivity contribution is 6.32. The first kappa shape index (κ1) is 9.59. The molecule has 1 aromatic carbocycles. The van der Waals surface area contributed by atoms with Crippen LogP contribution >= 0.6 is 11.6 Å². The normalized spacial score (nSPS) is 15.3. The first-order valence-corrected chi connectivity index (χ1v) is 5.47. The van der Waals surface area contributed by atoms with Gasteiger partial charge in [-0.15, -0.1) is 5.10 Å². The molecule has 0 saturated heterocycles. The zero-order chi connectivity index (χ0) is 11.1. The van der Waals surface area contributed by atoms with E-state index in [4.69, 9.17) is 17.3 Å². The summed E-state index contributed by atoms with van der Waals surface area (Å²) in [6.45, 7) is 0. The van der Waals surface area contributed by atoms with E-state index in [1.165, 1.54) is 0 Å². The summed E-state index contributed by atoms with van der Waals surface area (Å²) in [5, 5.41) is 12.3. The summed E-state index contributed by atoms with van der Waals surface area (Å²) in [6, 6.07) is 5.33. The Labute approximate surface area is 97.2 Å². The molecule has 1 aromatic heterocycles. The second-order valence-corrected chi connectivity index (χ2v) is 4.34. The lowest BCUT2D eigenvalue weighted by molar-refractivity contribution is 0.763. The van der Waals surface area contributed by atoms with Gasteiger partial charge in [-0.05, 0) is 41.5 Å². The topological polar surface area (TPSA) is 69.6 Å². The molecule has 0 bridgehead atoms. The third-order valence-corrected chi connectivity index (χ3v) is 2.94. The average Bonchev–Trinajstić information content (AvgIpc) is 2.98. The molecule has 2 aromatic rings. The van der Waals surface area contributed by atoms with Crippen LogP contribution in [-0.2, 0) is 0 Å². The lowest BCUT2D eigenvalue weighted by Gasteiger charge is -2.06. The summed E-state index contributed by atoms with van der Waals surface area (Å²) >= 11 is 6.12. The van der Waals surface area contributed by atoms with Gasteiger partial charge in [0.25, 0.3) is 0 Å². The molecule has 0 atom stereocenters. The van der Waals surface area contributed by atoms with Crippen molar-refractivity contribution < 1.29 is 0 Å². The molecule has 1 saturated carbocycles. The Kier molecular flexibility index (Phi) is 2.07. The molecule has 0 radical (unpaired) electrons. The second-order valence-electron chi connectivity index (χ2n) is 3.93. The Morgan fingerprint density at radius 3 is 2.88 bits per heavy atom. The van der Waals surface area contributed by atoms with Crippen LogP contribution in [0.25, 0.3) is 5.69 Å². The minimum absolute atomic E-state index is 0.476. The molecule has 2 N–H and O–H groups in total. The average molecular weight is 236 g/mol. The molecule has 3 rings (SSSR count). The van der Waals surface area contributed by atoms with Crippen LogP contribution in [0.1, 0.15) is 24.6 Å². The second kappa shape index (κ2) is 3.45. The fourth-order valence-corrected chi connectivity index (χ4v) is 1.93. The van der Waals surface area contributed by atoms with E-state index in [9.17, 15) is 0 Å². The predicted octanol–water partition coefficient (Wildman–Crippen LogP) is 1.78. The maximum Gasteiger partial charge on any atom is 0.159 e. The van der Waals surface area contributed by atoms with Crippen molar-refractivity contribution in [2.45, 2.75) is 18.8 Å². The molecule has 1 heterocycles. The van der Waals surface area contributed by atoms with Gasteiger partial charge < -0.3 is 5.73 Å². The Balaban J connectivity index is 2.10.